The third-order valence-corrected chi connectivity index (χ3v) is 3.23. The summed E-state index contributed by atoms with van der Waals surface area (Å²) >= 11 is 1.25. The number of alkyl halides is 3. The van der Waals surface area contributed by atoms with Crippen LogP contribution < -0.4 is 5.32 Å². The zero-order chi connectivity index (χ0) is 13.9. The molecule has 0 bridgehead atoms. The topological polar surface area (TPSA) is 49.3 Å². The summed E-state index contributed by atoms with van der Waals surface area (Å²) in [7, 11) is 0. The first-order valence-electron chi connectivity index (χ1n) is 4.99. The van der Waals surface area contributed by atoms with Gasteiger partial charge in [0.05, 0.1) is 16.5 Å². The second kappa shape index (κ2) is 5.51. The van der Waals surface area contributed by atoms with Gasteiger partial charge in [-0.1, -0.05) is 0 Å². The van der Waals surface area contributed by atoms with E-state index in [9.17, 15) is 23.1 Å². The Balaban J connectivity index is 2.99. The highest BCUT2D eigenvalue weighted by atomic mass is 32.2. The number of thioether (sulfide) groups is 1. The lowest BCUT2D eigenvalue weighted by atomic mass is 10.1. The first-order chi connectivity index (χ1) is 8.25. The molecule has 0 aliphatic carbocycles. The van der Waals surface area contributed by atoms with Crippen LogP contribution in [-0.2, 0) is 11.0 Å². The Bertz CT molecular complexity index is 448. The van der Waals surface area contributed by atoms with Crippen molar-refractivity contribution in [2.75, 3.05) is 11.6 Å². The van der Waals surface area contributed by atoms with E-state index >= 15 is 0 Å². The molecule has 3 nitrogen and oxygen atoms in total. The van der Waals surface area contributed by atoms with Crippen molar-refractivity contribution >= 4 is 23.4 Å². The highest BCUT2D eigenvalue weighted by molar-refractivity contribution is 7.99. The number of benzene rings is 1. The molecule has 0 aliphatic heterocycles. The molecule has 1 aromatic carbocycles. The number of phenols is 1. The Morgan fingerprint density at radius 3 is 2.56 bits per heavy atom. The zero-order valence-electron chi connectivity index (χ0n) is 9.71. The second-order valence-corrected chi connectivity index (χ2v) is 4.78. The number of rotatable bonds is 3. The maximum absolute atomic E-state index is 12.5. The summed E-state index contributed by atoms with van der Waals surface area (Å²) in [6.45, 7) is 1.62. The molecule has 1 rings (SSSR count). The number of aromatic hydroxyl groups is 1. The third-order valence-electron chi connectivity index (χ3n) is 2.30. The van der Waals surface area contributed by atoms with Gasteiger partial charge in [-0.2, -0.15) is 24.9 Å². The van der Waals surface area contributed by atoms with Crippen LogP contribution in [0.2, 0.25) is 0 Å². The fraction of sp³-hybridized carbons (Fsp3) is 0.364. The highest BCUT2D eigenvalue weighted by Gasteiger charge is 2.31. The standard InChI is InChI=1S/C11H12F3NO2S/c1-6(18-2)10(17)15-8-5-7(11(12,13)14)3-4-9(8)16/h3-6,16H,1-2H3,(H,15,17). The molecule has 0 radical (unpaired) electrons. The predicted octanol–water partition coefficient (Wildman–Crippen LogP) is 3.10. The largest absolute Gasteiger partial charge is 0.506 e. The van der Waals surface area contributed by atoms with Gasteiger partial charge in [-0.25, -0.2) is 0 Å². The Hall–Kier alpha value is -1.37. The average molecular weight is 279 g/mol. The molecule has 1 aromatic rings. The molecule has 0 saturated carbocycles. The summed E-state index contributed by atoms with van der Waals surface area (Å²) < 4.78 is 37.4. The van der Waals surface area contributed by atoms with Crippen molar-refractivity contribution in [1.29, 1.82) is 0 Å². The number of amides is 1. The molecule has 7 heteroatoms. The van der Waals surface area contributed by atoms with Crippen molar-refractivity contribution in [3.63, 3.8) is 0 Å². The first kappa shape index (κ1) is 14.7. The van der Waals surface area contributed by atoms with Gasteiger partial charge < -0.3 is 10.4 Å². The molecule has 100 valence electrons. The Kier molecular flexibility index (Phi) is 4.50. The maximum atomic E-state index is 12.5. The monoisotopic (exact) mass is 279 g/mol. The van der Waals surface area contributed by atoms with Crippen molar-refractivity contribution in [2.45, 2.75) is 18.3 Å². The van der Waals surface area contributed by atoms with Gasteiger partial charge in [-0.3, -0.25) is 4.79 Å². The molecular formula is C11H12F3NO2S. The van der Waals surface area contributed by atoms with Gasteiger partial charge in [0, 0.05) is 0 Å². The van der Waals surface area contributed by atoms with Crippen LogP contribution in [0.5, 0.6) is 5.75 Å². The smallest absolute Gasteiger partial charge is 0.416 e. The van der Waals surface area contributed by atoms with E-state index in [0.717, 1.165) is 12.1 Å². The number of anilines is 1. The van der Waals surface area contributed by atoms with Crippen LogP contribution in [-0.4, -0.2) is 22.5 Å². The van der Waals surface area contributed by atoms with Crippen LogP contribution >= 0.6 is 11.8 Å². The van der Waals surface area contributed by atoms with Gasteiger partial charge in [0.1, 0.15) is 5.75 Å². The van der Waals surface area contributed by atoms with Crippen LogP contribution in [0.1, 0.15) is 12.5 Å². The highest BCUT2D eigenvalue weighted by Crippen LogP contribution is 2.34. The van der Waals surface area contributed by atoms with Crippen LogP contribution in [0.3, 0.4) is 0 Å². The number of hydrogen-bond acceptors (Lipinski definition) is 3. The second-order valence-electron chi connectivity index (χ2n) is 3.60. The van der Waals surface area contributed by atoms with Crippen molar-refractivity contribution in [3.8, 4) is 5.75 Å². The number of carbonyl (C=O) groups excluding carboxylic acids is 1. The first-order valence-corrected chi connectivity index (χ1v) is 6.28. The van der Waals surface area contributed by atoms with Crippen LogP contribution in [0.15, 0.2) is 18.2 Å². The molecule has 0 fully saturated rings. The van der Waals surface area contributed by atoms with E-state index in [4.69, 9.17) is 0 Å². The third kappa shape index (κ3) is 3.56. The SMILES string of the molecule is CSC(C)C(=O)Nc1cc(C(F)(F)F)ccc1O. The quantitative estimate of drug-likeness (QED) is 0.836. The van der Waals surface area contributed by atoms with E-state index in [0.29, 0.717) is 6.07 Å². The maximum Gasteiger partial charge on any atom is 0.416 e. The summed E-state index contributed by atoms with van der Waals surface area (Å²) in [5.41, 5.74) is -1.16. The van der Waals surface area contributed by atoms with Crippen LogP contribution in [0.4, 0.5) is 18.9 Å². The minimum Gasteiger partial charge on any atom is -0.506 e. The van der Waals surface area contributed by atoms with E-state index in [-0.39, 0.29) is 5.69 Å². The lowest BCUT2D eigenvalue weighted by Crippen LogP contribution is -2.22. The lowest BCUT2D eigenvalue weighted by Gasteiger charge is -2.13. The summed E-state index contributed by atoms with van der Waals surface area (Å²) in [5.74, 6) is -0.859. The minimum atomic E-state index is -4.52. The Morgan fingerprint density at radius 2 is 2.06 bits per heavy atom. The molecule has 0 saturated heterocycles. The predicted molar refractivity (Wildman–Crippen MR) is 64.7 cm³/mol. The molecule has 2 N–H and O–H groups in total. The van der Waals surface area contributed by atoms with E-state index in [1.54, 1.807) is 13.2 Å². The Morgan fingerprint density at radius 1 is 1.44 bits per heavy atom. The van der Waals surface area contributed by atoms with Gasteiger partial charge in [0.15, 0.2) is 0 Å². The van der Waals surface area contributed by atoms with E-state index in [2.05, 4.69) is 5.32 Å². The van der Waals surface area contributed by atoms with Gasteiger partial charge in [-0.15, -0.1) is 0 Å². The summed E-state index contributed by atoms with van der Waals surface area (Å²) in [6, 6.07) is 2.37. The van der Waals surface area contributed by atoms with Gasteiger partial charge >= 0.3 is 6.18 Å². The average Bonchev–Trinajstić information content (AvgIpc) is 2.29. The van der Waals surface area contributed by atoms with Crippen molar-refractivity contribution in [2.24, 2.45) is 0 Å². The summed E-state index contributed by atoms with van der Waals surface area (Å²) in [5, 5.41) is 11.3. The molecule has 0 aliphatic rings. The Labute approximate surface area is 106 Å². The molecule has 1 unspecified atom stereocenters. The summed E-state index contributed by atoms with van der Waals surface area (Å²) in [4.78, 5) is 11.5. The fourth-order valence-electron chi connectivity index (χ4n) is 1.15. The number of hydrogen-bond donors (Lipinski definition) is 2. The normalized spacial score (nSPS) is 13.2. The van der Waals surface area contributed by atoms with Gasteiger partial charge in [0.2, 0.25) is 5.91 Å². The molecular weight excluding hydrogens is 267 g/mol. The van der Waals surface area contributed by atoms with E-state index in [1.165, 1.54) is 11.8 Å². The van der Waals surface area contributed by atoms with Crippen molar-refractivity contribution in [1.82, 2.24) is 0 Å². The molecule has 18 heavy (non-hydrogen) atoms. The minimum absolute atomic E-state index is 0.240. The molecule has 1 atom stereocenters. The van der Waals surface area contributed by atoms with Gasteiger partial charge in [0.25, 0.3) is 0 Å². The molecule has 1 amide bonds. The summed E-state index contributed by atoms with van der Waals surface area (Å²) in [6.07, 6.45) is -2.81. The van der Waals surface area contributed by atoms with E-state index < -0.39 is 28.6 Å². The molecule has 0 aromatic heterocycles. The van der Waals surface area contributed by atoms with Crippen LogP contribution in [0, 0.1) is 0 Å². The van der Waals surface area contributed by atoms with Gasteiger partial charge in [-0.05, 0) is 31.4 Å². The number of phenolic OH excluding ortho intramolecular Hbond substituents is 1. The number of halogens is 3. The van der Waals surface area contributed by atoms with Crippen LogP contribution in [0.25, 0.3) is 0 Å². The molecule has 0 spiro atoms. The van der Waals surface area contributed by atoms with Crippen molar-refractivity contribution < 1.29 is 23.1 Å². The zero-order valence-corrected chi connectivity index (χ0v) is 10.5. The number of carbonyl (C=O) groups is 1. The number of nitrogens with one attached hydrogen (secondary N) is 1. The molecule has 0 heterocycles. The van der Waals surface area contributed by atoms with Crippen molar-refractivity contribution in [3.05, 3.63) is 23.8 Å². The lowest BCUT2D eigenvalue weighted by molar-refractivity contribution is -0.137. The van der Waals surface area contributed by atoms with E-state index in [1.807, 2.05) is 0 Å². The fourth-order valence-corrected chi connectivity index (χ4v) is 1.43.